The minimum Gasteiger partial charge on any atom is -0.350 e. The Morgan fingerprint density at radius 1 is 1.00 bits per heavy atom. The maximum Gasteiger partial charge on any atom is 0.148 e. The molecule has 0 spiro atoms. The third-order valence-corrected chi connectivity index (χ3v) is 6.40. The van der Waals surface area contributed by atoms with Crippen LogP contribution in [0, 0.1) is 12.7 Å². The summed E-state index contributed by atoms with van der Waals surface area (Å²) < 4.78 is 13.3. The number of hydrogen-bond donors (Lipinski definition) is 0. The predicted octanol–water partition coefficient (Wildman–Crippen LogP) is 4.61. The normalized spacial score (nSPS) is 18.9. The van der Waals surface area contributed by atoms with Gasteiger partial charge in [0, 0.05) is 30.5 Å². The van der Waals surface area contributed by atoms with Gasteiger partial charge < -0.3 is 4.90 Å². The standard InChI is InChI=1S/C25H28FN5/c1-18-22-7-4-15-31(17-21-6-2-3-13-27-21)25(22)29-24(28-18)23-8-5-14-30(23)16-19-9-11-20(26)12-10-19/h2-3,6,9-13,23H,4-5,7-8,14-17H2,1H3. The summed E-state index contributed by atoms with van der Waals surface area (Å²) in [5, 5.41) is 0. The molecule has 0 saturated carbocycles. The van der Waals surface area contributed by atoms with Crippen molar-refractivity contribution in [1.82, 2.24) is 19.9 Å². The number of aromatic nitrogens is 3. The van der Waals surface area contributed by atoms with Gasteiger partial charge in [-0.25, -0.2) is 14.4 Å². The molecule has 0 bridgehead atoms. The number of nitrogens with zero attached hydrogens (tertiary/aromatic N) is 5. The number of benzene rings is 1. The first kappa shape index (κ1) is 20.1. The molecule has 0 radical (unpaired) electrons. The van der Waals surface area contributed by atoms with Gasteiger partial charge in [0.05, 0.1) is 18.3 Å². The van der Waals surface area contributed by atoms with Crippen LogP contribution in [-0.4, -0.2) is 32.9 Å². The number of likely N-dealkylation sites (tertiary alicyclic amines) is 1. The van der Waals surface area contributed by atoms with Crippen LogP contribution in [0.5, 0.6) is 0 Å². The van der Waals surface area contributed by atoms with Crippen LogP contribution >= 0.6 is 0 Å². The Morgan fingerprint density at radius 3 is 2.68 bits per heavy atom. The van der Waals surface area contributed by atoms with Gasteiger partial charge in [-0.1, -0.05) is 18.2 Å². The summed E-state index contributed by atoms with van der Waals surface area (Å²) >= 11 is 0. The predicted molar refractivity (Wildman–Crippen MR) is 119 cm³/mol. The van der Waals surface area contributed by atoms with Gasteiger partial charge in [0.2, 0.25) is 0 Å². The number of aryl methyl sites for hydroxylation is 1. The summed E-state index contributed by atoms with van der Waals surface area (Å²) in [5.41, 5.74) is 4.56. The Bertz CT molecular complexity index is 1040. The van der Waals surface area contributed by atoms with Crippen molar-refractivity contribution < 1.29 is 4.39 Å². The monoisotopic (exact) mass is 417 g/mol. The Balaban J connectivity index is 1.42. The molecular formula is C25H28FN5. The van der Waals surface area contributed by atoms with Crippen LogP contribution in [0.1, 0.15) is 53.6 Å². The summed E-state index contributed by atoms with van der Waals surface area (Å²) in [7, 11) is 0. The molecule has 3 aromatic rings. The van der Waals surface area contributed by atoms with Crippen molar-refractivity contribution in [2.24, 2.45) is 0 Å². The highest BCUT2D eigenvalue weighted by atomic mass is 19.1. The lowest BCUT2D eigenvalue weighted by Gasteiger charge is -2.32. The highest BCUT2D eigenvalue weighted by Crippen LogP contribution is 2.35. The maximum absolute atomic E-state index is 13.3. The number of fused-ring (bicyclic) bond motifs is 1. The SMILES string of the molecule is Cc1nc(C2CCCN2Cc2ccc(F)cc2)nc2c1CCCN2Cc1ccccn1. The Morgan fingerprint density at radius 2 is 1.87 bits per heavy atom. The summed E-state index contributed by atoms with van der Waals surface area (Å²) in [6, 6.07) is 13.1. The fourth-order valence-corrected chi connectivity index (χ4v) is 4.83. The van der Waals surface area contributed by atoms with Gasteiger partial charge in [0.1, 0.15) is 17.5 Å². The lowest BCUT2D eigenvalue weighted by Crippen LogP contribution is -2.32. The number of rotatable bonds is 5. The van der Waals surface area contributed by atoms with E-state index in [1.807, 2.05) is 30.5 Å². The molecule has 2 aliphatic rings. The number of halogens is 1. The first-order valence-corrected chi connectivity index (χ1v) is 11.2. The third-order valence-electron chi connectivity index (χ3n) is 6.40. The van der Waals surface area contributed by atoms with E-state index in [9.17, 15) is 4.39 Å². The second-order valence-corrected chi connectivity index (χ2v) is 8.57. The molecule has 1 atom stereocenters. The molecule has 0 N–H and O–H groups in total. The molecule has 0 amide bonds. The molecule has 1 saturated heterocycles. The zero-order valence-corrected chi connectivity index (χ0v) is 18.0. The smallest absolute Gasteiger partial charge is 0.148 e. The lowest BCUT2D eigenvalue weighted by molar-refractivity contribution is 0.239. The molecule has 5 rings (SSSR count). The molecule has 31 heavy (non-hydrogen) atoms. The largest absolute Gasteiger partial charge is 0.350 e. The van der Waals surface area contributed by atoms with Crippen molar-refractivity contribution in [3.05, 3.63) is 82.8 Å². The molecule has 2 aliphatic heterocycles. The summed E-state index contributed by atoms with van der Waals surface area (Å²) in [4.78, 5) is 19.4. The first-order chi connectivity index (χ1) is 15.2. The van der Waals surface area contributed by atoms with Crippen LogP contribution in [0.2, 0.25) is 0 Å². The summed E-state index contributed by atoms with van der Waals surface area (Å²) in [6.07, 6.45) is 6.18. The maximum atomic E-state index is 13.3. The fraction of sp³-hybridized carbons (Fsp3) is 0.400. The Labute approximate surface area is 183 Å². The summed E-state index contributed by atoms with van der Waals surface area (Å²) in [6.45, 7) is 5.69. The van der Waals surface area contributed by atoms with E-state index < -0.39 is 0 Å². The topological polar surface area (TPSA) is 45.2 Å². The van der Waals surface area contributed by atoms with Gasteiger partial charge in [-0.05, 0) is 69.0 Å². The number of hydrogen-bond acceptors (Lipinski definition) is 5. The zero-order chi connectivity index (χ0) is 21.2. The molecule has 5 nitrogen and oxygen atoms in total. The highest BCUT2D eigenvalue weighted by molar-refractivity contribution is 5.51. The van der Waals surface area contributed by atoms with E-state index in [-0.39, 0.29) is 11.9 Å². The molecular weight excluding hydrogens is 389 g/mol. The molecule has 4 heterocycles. The fourth-order valence-electron chi connectivity index (χ4n) is 4.83. The second kappa shape index (κ2) is 8.71. The van der Waals surface area contributed by atoms with Crippen LogP contribution < -0.4 is 4.90 Å². The van der Waals surface area contributed by atoms with Gasteiger partial charge in [-0.2, -0.15) is 0 Å². The van der Waals surface area contributed by atoms with E-state index in [0.717, 1.165) is 80.5 Å². The van der Waals surface area contributed by atoms with Crippen molar-refractivity contribution in [3.63, 3.8) is 0 Å². The molecule has 160 valence electrons. The van der Waals surface area contributed by atoms with Gasteiger partial charge in [-0.15, -0.1) is 0 Å². The quantitative estimate of drug-likeness (QED) is 0.607. The van der Waals surface area contributed by atoms with Gasteiger partial charge in [0.15, 0.2) is 0 Å². The first-order valence-electron chi connectivity index (χ1n) is 11.2. The Kier molecular flexibility index (Phi) is 5.64. The minimum atomic E-state index is -0.191. The molecule has 1 fully saturated rings. The van der Waals surface area contributed by atoms with Crippen molar-refractivity contribution >= 4 is 5.82 Å². The van der Waals surface area contributed by atoms with Gasteiger partial charge in [0.25, 0.3) is 0 Å². The number of anilines is 1. The third kappa shape index (κ3) is 4.30. The molecule has 2 aromatic heterocycles. The molecule has 1 unspecified atom stereocenters. The summed E-state index contributed by atoms with van der Waals surface area (Å²) in [5.74, 6) is 1.81. The van der Waals surface area contributed by atoms with Crippen LogP contribution in [0.3, 0.4) is 0 Å². The average Bonchev–Trinajstić information content (AvgIpc) is 3.25. The molecule has 6 heteroatoms. The van der Waals surface area contributed by atoms with Crippen LogP contribution in [-0.2, 0) is 19.5 Å². The van der Waals surface area contributed by atoms with Gasteiger partial charge >= 0.3 is 0 Å². The van der Waals surface area contributed by atoms with E-state index >= 15 is 0 Å². The Hall–Kier alpha value is -2.86. The van der Waals surface area contributed by atoms with Crippen LogP contribution in [0.15, 0.2) is 48.7 Å². The lowest BCUT2D eigenvalue weighted by atomic mass is 10.0. The van der Waals surface area contributed by atoms with Crippen molar-refractivity contribution in [1.29, 1.82) is 0 Å². The van der Waals surface area contributed by atoms with E-state index in [2.05, 4.69) is 27.8 Å². The highest BCUT2D eigenvalue weighted by Gasteiger charge is 2.31. The zero-order valence-electron chi connectivity index (χ0n) is 18.0. The minimum absolute atomic E-state index is 0.191. The van der Waals surface area contributed by atoms with Crippen LogP contribution in [0.25, 0.3) is 0 Å². The van der Waals surface area contributed by atoms with E-state index in [1.165, 1.54) is 17.7 Å². The average molecular weight is 418 g/mol. The van der Waals surface area contributed by atoms with Crippen molar-refractivity contribution in [2.75, 3.05) is 18.0 Å². The van der Waals surface area contributed by atoms with E-state index in [4.69, 9.17) is 9.97 Å². The van der Waals surface area contributed by atoms with Crippen LogP contribution in [0.4, 0.5) is 10.2 Å². The van der Waals surface area contributed by atoms with E-state index in [1.54, 1.807) is 0 Å². The van der Waals surface area contributed by atoms with E-state index in [0.29, 0.717) is 0 Å². The molecule has 1 aromatic carbocycles. The second-order valence-electron chi connectivity index (χ2n) is 8.57. The number of pyridine rings is 1. The van der Waals surface area contributed by atoms with Crippen molar-refractivity contribution in [3.8, 4) is 0 Å². The molecule has 0 aliphatic carbocycles. The van der Waals surface area contributed by atoms with Gasteiger partial charge in [-0.3, -0.25) is 9.88 Å². The van der Waals surface area contributed by atoms with Crippen molar-refractivity contribution in [2.45, 2.75) is 51.7 Å².